The van der Waals surface area contributed by atoms with Gasteiger partial charge in [-0.05, 0) is 12.8 Å². The molecular formula is C35H69NO8. The van der Waals surface area contributed by atoms with Crippen molar-refractivity contribution in [2.75, 3.05) is 13.2 Å². The molecule has 0 saturated carbocycles. The Morgan fingerprint density at radius 2 is 1.14 bits per heavy atom. The van der Waals surface area contributed by atoms with E-state index in [0.29, 0.717) is 12.8 Å². The molecule has 0 bridgehead atoms. The van der Waals surface area contributed by atoms with Crippen LogP contribution >= 0.6 is 0 Å². The highest BCUT2D eigenvalue weighted by Gasteiger charge is 2.44. The minimum absolute atomic E-state index is 0.133. The topological polar surface area (TPSA) is 149 Å². The lowest BCUT2D eigenvalue weighted by Gasteiger charge is -2.40. The van der Waals surface area contributed by atoms with Crippen molar-refractivity contribution in [2.24, 2.45) is 0 Å². The van der Waals surface area contributed by atoms with Gasteiger partial charge in [0.15, 0.2) is 6.29 Å². The van der Waals surface area contributed by atoms with Crippen molar-refractivity contribution in [3.63, 3.8) is 0 Å². The summed E-state index contributed by atoms with van der Waals surface area (Å²) in [5.74, 6) is -0.149. The number of hydrogen-bond acceptors (Lipinski definition) is 8. The van der Waals surface area contributed by atoms with Crippen molar-refractivity contribution >= 4 is 5.91 Å². The fourth-order valence-electron chi connectivity index (χ4n) is 5.92. The number of carbonyl (C=O) groups is 1. The van der Waals surface area contributed by atoms with Gasteiger partial charge in [-0.15, -0.1) is 0 Å². The van der Waals surface area contributed by atoms with Crippen LogP contribution in [0.4, 0.5) is 0 Å². The van der Waals surface area contributed by atoms with Crippen LogP contribution in [0.2, 0.25) is 0 Å². The van der Waals surface area contributed by atoms with E-state index in [2.05, 4.69) is 19.2 Å². The lowest BCUT2D eigenvalue weighted by atomic mass is 9.99. The maximum Gasteiger partial charge on any atom is 0.220 e. The highest BCUT2D eigenvalue weighted by atomic mass is 16.7. The van der Waals surface area contributed by atoms with Crippen molar-refractivity contribution in [1.29, 1.82) is 0 Å². The molecule has 1 aliphatic rings. The van der Waals surface area contributed by atoms with E-state index in [-0.39, 0.29) is 12.5 Å². The first kappa shape index (κ1) is 41.2. The molecule has 262 valence electrons. The Morgan fingerprint density at radius 3 is 1.61 bits per heavy atom. The smallest absolute Gasteiger partial charge is 0.220 e. The van der Waals surface area contributed by atoms with Gasteiger partial charge in [0.2, 0.25) is 5.91 Å². The molecule has 1 rings (SSSR count). The van der Waals surface area contributed by atoms with E-state index < -0.39 is 49.5 Å². The molecule has 0 aliphatic carbocycles. The van der Waals surface area contributed by atoms with E-state index >= 15 is 0 Å². The first-order valence-electron chi connectivity index (χ1n) is 18.2. The zero-order valence-electron chi connectivity index (χ0n) is 28.2. The fraction of sp³-hybridized carbons (Fsp3) is 0.971. The molecule has 0 spiro atoms. The Balaban J connectivity index is 2.45. The van der Waals surface area contributed by atoms with Crippen LogP contribution < -0.4 is 5.32 Å². The summed E-state index contributed by atoms with van der Waals surface area (Å²) in [6.45, 7) is 3.78. The molecule has 1 amide bonds. The van der Waals surface area contributed by atoms with Gasteiger partial charge >= 0.3 is 0 Å². The van der Waals surface area contributed by atoms with Crippen molar-refractivity contribution in [3.05, 3.63) is 0 Å². The second-order valence-electron chi connectivity index (χ2n) is 13.0. The number of amides is 1. The number of nitrogens with one attached hydrogen (secondary N) is 1. The van der Waals surface area contributed by atoms with Crippen LogP contribution in [-0.2, 0) is 14.3 Å². The average molecular weight is 632 g/mol. The maximum atomic E-state index is 12.8. The van der Waals surface area contributed by atoms with Crippen molar-refractivity contribution in [3.8, 4) is 0 Å². The van der Waals surface area contributed by atoms with Crippen LogP contribution in [-0.4, -0.2) is 87.5 Å². The third-order valence-corrected chi connectivity index (χ3v) is 8.96. The standard InChI is InChI=1S/C35H69NO8/c1-3-5-7-9-11-13-14-15-17-18-20-22-24-29(38)28(27-43-35-34(42)33(41)32(40)30(26-37)44-35)36-31(39)25-23-21-19-16-12-10-8-6-4-2/h28-30,32-35,37-38,40-42H,3-27H2,1-2H3,(H,36,39)/t28-,29+,30+,32-,33?,34?,35+/m0/s1. The van der Waals surface area contributed by atoms with Crippen LogP contribution in [0.15, 0.2) is 0 Å². The van der Waals surface area contributed by atoms with Gasteiger partial charge < -0.3 is 40.3 Å². The zero-order valence-corrected chi connectivity index (χ0v) is 28.2. The van der Waals surface area contributed by atoms with Gasteiger partial charge in [0.05, 0.1) is 25.4 Å². The molecule has 44 heavy (non-hydrogen) atoms. The molecule has 0 aromatic rings. The number of ether oxygens (including phenoxy) is 2. The van der Waals surface area contributed by atoms with Gasteiger partial charge in [-0.1, -0.05) is 142 Å². The average Bonchev–Trinajstić information content (AvgIpc) is 3.02. The molecule has 9 heteroatoms. The van der Waals surface area contributed by atoms with Crippen LogP contribution in [0.1, 0.15) is 162 Å². The van der Waals surface area contributed by atoms with Crippen molar-refractivity contribution < 1.29 is 39.8 Å². The first-order valence-corrected chi connectivity index (χ1v) is 18.2. The van der Waals surface area contributed by atoms with E-state index in [9.17, 15) is 30.3 Å². The monoisotopic (exact) mass is 632 g/mol. The summed E-state index contributed by atoms with van der Waals surface area (Å²) in [5, 5.41) is 53.9. The highest BCUT2D eigenvalue weighted by molar-refractivity contribution is 5.76. The Kier molecular flexibility index (Phi) is 25.6. The third kappa shape index (κ3) is 19.0. The molecule has 7 atom stereocenters. The van der Waals surface area contributed by atoms with Gasteiger partial charge in [-0.3, -0.25) is 4.79 Å². The summed E-state index contributed by atoms with van der Waals surface area (Å²) in [4.78, 5) is 12.8. The van der Waals surface area contributed by atoms with E-state index in [1.807, 2.05) is 0 Å². The lowest BCUT2D eigenvalue weighted by Crippen LogP contribution is -2.60. The Hall–Kier alpha value is -0.810. The number of hydrogen-bond donors (Lipinski definition) is 6. The van der Waals surface area contributed by atoms with Crippen molar-refractivity contribution in [1.82, 2.24) is 5.32 Å². The van der Waals surface area contributed by atoms with Gasteiger partial charge in [0.1, 0.15) is 24.4 Å². The molecular weight excluding hydrogens is 562 g/mol. The summed E-state index contributed by atoms with van der Waals surface area (Å²) in [6, 6.07) is -0.707. The van der Waals surface area contributed by atoms with E-state index in [1.54, 1.807) is 0 Å². The highest BCUT2D eigenvalue weighted by Crippen LogP contribution is 2.23. The van der Waals surface area contributed by atoms with E-state index in [1.165, 1.54) is 96.3 Å². The number of rotatable bonds is 29. The van der Waals surface area contributed by atoms with Gasteiger partial charge in [-0.25, -0.2) is 0 Å². The van der Waals surface area contributed by atoms with Crippen molar-refractivity contribution in [2.45, 2.75) is 204 Å². The Labute approximate surface area is 268 Å². The fourth-order valence-corrected chi connectivity index (χ4v) is 5.92. The third-order valence-electron chi connectivity index (χ3n) is 8.96. The minimum Gasteiger partial charge on any atom is -0.394 e. The molecule has 1 heterocycles. The number of aliphatic hydroxyl groups excluding tert-OH is 5. The zero-order chi connectivity index (χ0) is 32.4. The maximum absolute atomic E-state index is 12.8. The van der Waals surface area contributed by atoms with Crippen LogP contribution in [0.25, 0.3) is 0 Å². The summed E-state index contributed by atoms with van der Waals surface area (Å²) in [6.07, 6.45) is 18.3. The Bertz CT molecular complexity index is 667. The summed E-state index contributed by atoms with van der Waals surface area (Å²) in [5.41, 5.74) is 0. The van der Waals surface area contributed by atoms with Gasteiger partial charge in [-0.2, -0.15) is 0 Å². The molecule has 2 unspecified atom stereocenters. The lowest BCUT2D eigenvalue weighted by molar-refractivity contribution is -0.302. The summed E-state index contributed by atoms with van der Waals surface area (Å²) in [7, 11) is 0. The number of aliphatic hydroxyl groups is 5. The van der Waals surface area contributed by atoms with Crippen LogP contribution in [0.3, 0.4) is 0 Å². The second-order valence-corrected chi connectivity index (χ2v) is 13.0. The molecule has 0 aromatic heterocycles. The van der Waals surface area contributed by atoms with E-state index in [0.717, 1.165) is 38.5 Å². The van der Waals surface area contributed by atoms with Gasteiger partial charge in [0, 0.05) is 6.42 Å². The predicted molar refractivity (Wildman–Crippen MR) is 175 cm³/mol. The minimum atomic E-state index is -1.54. The predicted octanol–water partition coefficient (Wildman–Crippen LogP) is 5.66. The number of carbonyl (C=O) groups excluding carboxylic acids is 1. The molecule has 0 aromatic carbocycles. The normalized spacial score (nSPS) is 23.5. The molecule has 0 radical (unpaired) electrons. The molecule has 6 N–H and O–H groups in total. The second kappa shape index (κ2) is 27.3. The van der Waals surface area contributed by atoms with E-state index in [4.69, 9.17) is 9.47 Å². The molecule has 1 saturated heterocycles. The van der Waals surface area contributed by atoms with Gasteiger partial charge in [0.25, 0.3) is 0 Å². The number of unbranched alkanes of at least 4 members (excludes halogenated alkanes) is 19. The van der Waals surface area contributed by atoms with Crippen LogP contribution in [0.5, 0.6) is 0 Å². The van der Waals surface area contributed by atoms with Crippen LogP contribution in [0, 0.1) is 0 Å². The first-order chi connectivity index (χ1) is 21.3. The molecule has 1 aliphatic heterocycles. The quantitative estimate of drug-likeness (QED) is 0.0580. The SMILES string of the molecule is CCCCCCCCCCCCCC[C@@H](O)[C@H](CO[C@@H]1O[C@H](CO)[C@H](O)C(O)C1O)NC(=O)CCCCCCCCCCC. The summed E-state index contributed by atoms with van der Waals surface area (Å²) < 4.78 is 11.2. The summed E-state index contributed by atoms with van der Waals surface area (Å²) >= 11 is 0. The largest absolute Gasteiger partial charge is 0.394 e. The molecule has 1 fully saturated rings. The Morgan fingerprint density at radius 1 is 0.682 bits per heavy atom. The molecule has 9 nitrogen and oxygen atoms in total.